The number of carbonyl (C=O) groups is 1. The summed E-state index contributed by atoms with van der Waals surface area (Å²) in [6.45, 7) is 0. The first kappa shape index (κ1) is 20.3. The monoisotopic (exact) mass is 437 g/mol. The third-order valence-electron chi connectivity index (χ3n) is 6.67. The van der Waals surface area contributed by atoms with Gasteiger partial charge in [0.15, 0.2) is 0 Å². The van der Waals surface area contributed by atoms with E-state index in [1.807, 2.05) is 24.4 Å². The summed E-state index contributed by atoms with van der Waals surface area (Å²) in [5, 5.41) is 8.40. The summed E-state index contributed by atoms with van der Waals surface area (Å²) in [6, 6.07) is 8.57. The van der Waals surface area contributed by atoms with Crippen LogP contribution >= 0.6 is 11.6 Å². The zero-order valence-corrected chi connectivity index (χ0v) is 18.3. The van der Waals surface area contributed by atoms with Crippen LogP contribution in [0.5, 0.6) is 0 Å². The van der Waals surface area contributed by atoms with Crippen LogP contribution in [-0.4, -0.2) is 32.9 Å². The summed E-state index contributed by atoms with van der Waals surface area (Å²) >= 11 is 6.46. The molecule has 2 heterocycles. The number of nitrogens with one attached hydrogen (secondary N) is 3. The number of aromatic amines is 1. The van der Waals surface area contributed by atoms with Crippen LogP contribution in [0.1, 0.15) is 51.4 Å². The maximum absolute atomic E-state index is 12.5. The van der Waals surface area contributed by atoms with Gasteiger partial charge in [0, 0.05) is 40.7 Å². The van der Waals surface area contributed by atoms with Gasteiger partial charge in [0.25, 0.3) is 0 Å². The maximum atomic E-state index is 12.5. The molecule has 0 unspecified atom stereocenters. The number of halogens is 1. The predicted octanol–water partition coefficient (Wildman–Crippen LogP) is 5.31. The number of amides is 1. The Hall–Kier alpha value is -2.60. The Labute approximate surface area is 187 Å². The van der Waals surface area contributed by atoms with Crippen LogP contribution in [0.4, 0.5) is 5.95 Å². The number of anilines is 1. The van der Waals surface area contributed by atoms with Crippen molar-refractivity contribution in [3.05, 3.63) is 41.7 Å². The molecule has 6 nitrogen and oxygen atoms in total. The topological polar surface area (TPSA) is 82.7 Å². The largest absolute Gasteiger partial charge is 0.360 e. The molecular formula is C24H28ClN5O. The Morgan fingerprint density at radius 3 is 2.74 bits per heavy atom. The molecule has 0 spiro atoms. The van der Waals surface area contributed by atoms with Crippen molar-refractivity contribution in [1.82, 2.24) is 20.3 Å². The Kier molecular flexibility index (Phi) is 5.81. The fourth-order valence-electron chi connectivity index (χ4n) is 5.03. The summed E-state index contributed by atoms with van der Waals surface area (Å²) in [5.41, 5.74) is 2.74. The molecule has 0 bridgehead atoms. The first-order valence-electron chi connectivity index (χ1n) is 11.3. The number of aromatic nitrogens is 3. The molecule has 2 aliphatic rings. The SMILES string of the molecule is O=C(N[C@H]1CCC[C@@H](Nc2ncc(Cl)c(-c3c[nH]c4ccccc34)n2)C1)C1CCCC1. The Morgan fingerprint density at radius 1 is 1.06 bits per heavy atom. The van der Waals surface area contributed by atoms with Crippen LogP contribution in [0.25, 0.3) is 22.2 Å². The van der Waals surface area contributed by atoms with E-state index in [-0.39, 0.29) is 23.9 Å². The van der Waals surface area contributed by atoms with E-state index in [0.29, 0.717) is 11.0 Å². The van der Waals surface area contributed by atoms with E-state index in [1.165, 1.54) is 12.8 Å². The molecule has 3 N–H and O–H groups in total. The second kappa shape index (κ2) is 8.87. The van der Waals surface area contributed by atoms with Crippen molar-refractivity contribution in [2.45, 2.75) is 63.5 Å². The molecule has 31 heavy (non-hydrogen) atoms. The van der Waals surface area contributed by atoms with Crippen molar-refractivity contribution in [2.24, 2.45) is 5.92 Å². The fourth-order valence-corrected chi connectivity index (χ4v) is 5.23. The van der Waals surface area contributed by atoms with Gasteiger partial charge in [-0.1, -0.05) is 42.6 Å². The molecule has 2 aliphatic carbocycles. The van der Waals surface area contributed by atoms with Crippen LogP contribution < -0.4 is 10.6 Å². The van der Waals surface area contributed by atoms with Crippen LogP contribution in [0, 0.1) is 5.92 Å². The van der Waals surface area contributed by atoms with Gasteiger partial charge in [0.2, 0.25) is 11.9 Å². The Bertz CT molecular complexity index is 1070. The molecule has 162 valence electrons. The molecule has 2 aromatic heterocycles. The number of benzene rings is 1. The first-order valence-corrected chi connectivity index (χ1v) is 11.7. The molecule has 1 aromatic carbocycles. The molecule has 2 saturated carbocycles. The number of hydrogen-bond donors (Lipinski definition) is 3. The zero-order chi connectivity index (χ0) is 21.2. The minimum absolute atomic E-state index is 0.215. The molecule has 0 radical (unpaired) electrons. The van der Waals surface area contributed by atoms with Crippen LogP contribution in [0.15, 0.2) is 36.7 Å². The molecule has 0 aliphatic heterocycles. The lowest BCUT2D eigenvalue weighted by Crippen LogP contribution is -2.43. The predicted molar refractivity (Wildman–Crippen MR) is 124 cm³/mol. The quantitative estimate of drug-likeness (QED) is 0.505. The van der Waals surface area contributed by atoms with E-state index in [1.54, 1.807) is 6.20 Å². The summed E-state index contributed by atoms with van der Waals surface area (Å²) in [6.07, 6.45) is 12.1. The average molecular weight is 438 g/mol. The van der Waals surface area contributed by atoms with Gasteiger partial charge in [-0.05, 0) is 44.6 Å². The normalized spacial score (nSPS) is 22.0. The number of fused-ring (bicyclic) bond motifs is 1. The number of H-pyrrole nitrogens is 1. The molecule has 5 rings (SSSR count). The maximum Gasteiger partial charge on any atom is 0.223 e. The van der Waals surface area contributed by atoms with Gasteiger partial charge in [-0.3, -0.25) is 4.79 Å². The van der Waals surface area contributed by atoms with Gasteiger partial charge in [0.05, 0.1) is 16.9 Å². The lowest BCUT2D eigenvalue weighted by molar-refractivity contribution is -0.125. The zero-order valence-electron chi connectivity index (χ0n) is 17.5. The average Bonchev–Trinajstić information content (AvgIpc) is 3.46. The van der Waals surface area contributed by atoms with Crippen LogP contribution in [0.2, 0.25) is 5.02 Å². The van der Waals surface area contributed by atoms with Crippen molar-refractivity contribution < 1.29 is 4.79 Å². The molecule has 1 amide bonds. The fraction of sp³-hybridized carbons (Fsp3) is 0.458. The molecular weight excluding hydrogens is 410 g/mol. The second-order valence-electron chi connectivity index (χ2n) is 8.83. The number of hydrogen-bond acceptors (Lipinski definition) is 4. The van der Waals surface area contributed by atoms with Gasteiger partial charge in [-0.25, -0.2) is 9.97 Å². The number of carbonyl (C=O) groups excluding carboxylic acids is 1. The number of nitrogens with zero attached hydrogens (tertiary/aromatic N) is 2. The smallest absolute Gasteiger partial charge is 0.223 e. The van der Waals surface area contributed by atoms with Gasteiger partial charge < -0.3 is 15.6 Å². The van der Waals surface area contributed by atoms with E-state index < -0.39 is 0 Å². The van der Waals surface area contributed by atoms with Crippen molar-refractivity contribution >= 4 is 34.4 Å². The highest BCUT2D eigenvalue weighted by Crippen LogP contribution is 2.33. The van der Waals surface area contributed by atoms with E-state index >= 15 is 0 Å². The summed E-state index contributed by atoms with van der Waals surface area (Å²) in [4.78, 5) is 25.0. The lowest BCUT2D eigenvalue weighted by Gasteiger charge is -2.31. The summed E-state index contributed by atoms with van der Waals surface area (Å²) < 4.78 is 0. The Balaban J connectivity index is 1.29. The summed E-state index contributed by atoms with van der Waals surface area (Å²) in [5.74, 6) is 1.04. The highest BCUT2D eigenvalue weighted by Gasteiger charge is 2.28. The standard InChI is InChI=1S/C24H28ClN5O/c25-20-14-27-24(30-22(20)19-13-26-21-11-4-3-10-18(19)21)29-17-9-5-8-16(12-17)28-23(31)15-6-1-2-7-15/h3-4,10-11,13-17,26H,1-2,5-9,12H2,(H,28,31)(H,27,29,30)/t16-,17+/m0/s1. The first-order chi connectivity index (χ1) is 15.2. The lowest BCUT2D eigenvalue weighted by atomic mass is 9.90. The second-order valence-corrected chi connectivity index (χ2v) is 9.24. The number of rotatable bonds is 5. The van der Waals surface area contributed by atoms with Gasteiger partial charge in [0.1, 0.15) is 0 Å². The third-order valence-corrected chi connectivity index (χ3v) is 6.94. The molecule has 2 fully saturated rings. The van der Waals surface area contributed by atoms with Crippen LogP contribution in [-0.2, 0) is 4.79 Å². The highest BCUT2D eigenvalue weighted by atomic mass is 35.5. The number of para-hydroxylation sites is 1. The summed E-state index contributed by atoms with van der Waals surface area (Å²) in [7, 11) is 0. The van der Waals surface area contributed by atoms with Crippen molar-refractivity contribution in [3.8, 4) is 11.3 Å². The molecule has 3 aromatic rings. The van der Waals surface area contributed by atoms with Gasteiger partial charge >= 0.3 is 0 Å². The third kappa shape index (κ3) is 4.40. The van der Waals surface area contributed by atoms with Crippen molar-refractivity contribution in [2.75, 3.05) is 5.32 Å². The Morgan fingerprint density at radius 2 is 1.87 bits per heavy atom. The van der Waals surface area contributed by atoms with Gasteiger partial charge in [-0.2, -0.15) is 0 Å². The van der Waals surface area contributed by atoms with E-state index in [2.05, 4.69) is 26.7 Å². The minimum atomic E-state index is 0.215. The van der Waals surface area contributed by atoms with E-state index in [9.17, 15) is 4.79 Å². The molecule has 7 heteroatoms. The highest BCUT2D eigenvalue weighted by molar-refractivity contribution is 6.33. The van der Waals surface area contributed by atoms with E-state index in [0.717, 1.165) is 60.7 Å². The van der Waals surface area contributed by atoms with Crippen LogP contribution in [0.3, 0.4) is 0 Å². The van der Waals surface area contributed by atoms with E-state index in [4.69, 9.17) is 16.6 Å². The van der Waals surface area contributed by atoms with Crippen molar-refractivity contribution in [3.63, 3.8) is 0 Å². The molecule has 0 saturated heterocycles. The molecule has 2 atom stereocenters. The minimum Gasteiger partial charge on any atom is -0.360 e. The van der Waals surface area contributed by atoms with Crippen molar-refractivity contribution in [1.29, 1.82) is 0 Å². The van der Waals surface area contributed by atoms with Gasteiger partial charge in [-0.15, -0.1) is 0 Å².